The fourth-order valence-electron chi connectivity index (χ4n) is 1.19. The van der Waals surface area contributed by atoms with Gasteiger partial charge in [0.1, 0.15) is 5.75 Å². The van der Waals surface area contributed by atoms with Gasteiger partial charge in [-0.2, -0.15) is 0 Å². The number of rotatable bonds is 6. The molecule has 3 N–H and O–H groups in total. The maximum Gasteiger partial charge on any atom is 0.232 e. The molecule has 0 radical (unpaired) electrons. The normalized spacial score (nSPS) is 11.1. The summed E-state index contributed by atoms with van der Waals surface area (Å²) in [7, 11) is -1.78. The van der Waals surface area contributed by atoms with E-state index in [1.807, 2.05) is 0 Å². The highest BCUT2D eigenvalue weighted by Crippen LogP contribution is 2.17. The molecule has 0 unspecified atom stereocenters. The standard InChI is InChI=1S/C10H16N2O3S/c1-15-10-5-2-4-9(8-10)12-16(13,14)7-3-6-11/h2,4-5,8,12H,3,6-7,11H2,1H3. The number of ether oxygens (including phenoxy) is 1. The highest BCUT2D eigenvalue weighted by atomic mass is 32.2. The summed E-state index contributed by atoms with van der Waals surface area (Å²) in [6, 6.07) is 6.76. The topological polar surface area (TPSA) is 81.4 Å². The molecule has 1 aromatic carbocycles. The molecular weight excluding hydrogens is 228 g/mol. The second-order valence-corrected chi connectivity index (χ2v) is 5.14. The van der Waals surface area contributed by atoms with Crippen LogP contribution in [0.3, 0.4) is 0 Å². The van der Waals surface area contributed by atoms with Gasteiger partial charge >= 0.3 is 0 Å². The molecule has 0 aliphatic heterocycles. The summed E-state index contributed by atoms with van der Waals surface area (Å²) in [6.45, 7) is 0.360. The number of anilines is 1. The van der Waals surface area contributed by atoms with E-state index >= 15 is 0 Å². The molecule has 0 aromatic heterocycles. The minimum absolute atomic E-state index is 0.0285. The lowest BCUT2D eigenvalue weighted by atomic mass is 10.3. The Kier molecular flexibility index (Phi) is 4.57. The number of hydrogen-bond donors (Lipinski definition) is 2. The Morgan fingerprint density at radius 3 is 2.81 bits per heavy atom. The van der Waals surface area contributed by atoms with E-state index < -0.39 is 10.0 Å². The van der Waals surface area contributed by atoms with Crippen LogP contribution in [0.1, 0.15) is 6.42 Å². The van der Waals surface area contributed by atoms with E-state index in [4.69, 9.17) is 10.5 Å². The van der Waals surface area contributed by atoms with Gasteiger partial charge in [0.05, 0.1) is 18.6 Å². The van der Waals surface area contributed by atoms with Gasteiger partial charge in [-0.3, -0.25) is 4.72 Å². The number of methoxy groups -OCH3 is 1. The summed E-state index contributed by atoms with van der Waals surface area (Å²) >= 11 is 0. The summed E-state index contributed by atoms with van der Waals surface area (Å²) in [5, 5.41) is 0. The Balaban J connectivity index is 2.72. The summed E-state index contributed by atoms with van der Waals surface area (Å²) in [5.74, 6) is 0.639. The van der Waals surface area contributed by atoms with Crippen molar-refractivity contribution in [3.8, 4) is 5.75 Å². The van der Waals surface area contributed by atoms with E-state index in [1.165, 1.54) is 7.11 Å². The highest BCUT2D eigenvalue weighted by molar-refractivity contribution is 7.92. The largest absolute Gasteiger partial charge is 0.497 e. The van der Waals surface area contributed by atoms with Crippen molar-refractivity contribution >= 4 is 15.7 Å². The molecule has 0 fully saturated rings. The molecule has 0 atom stereocenters. The van der Waals surface area contributed by atoms with Crippen molar-refractivity contribution in [1.82, 2.24) is 0 Å². The van der Waals surface area contributed by atoms with Crippen LogP contribution in [0, 0.1) is 0 Å². The van der Waals surface area contributed by atoms with Gasteiger partial charge in [-0.1, -0.05) is 6.07 Å². The maximum absolute atomic E-state index is 11.6. The van der Waals surface area contributed by atoms with Crippen LogP contribution < -0.4 is 15.2 Å². The Labute approximate surface area is 95.7 Å². The van der Waals surface area contributed by atoms with E-state index in [0.29, 0.717) is 24.4 Å². The zero-order valence-corrected chi connectivity index (χ0v) is 9.96. The molecule has 0 amide bonds. The number of sulfonamides is 1. The van der Waals surface area contributed by atoms with Gasteiger partial charge in [-0.15, -0.1) is 0 Å². The minimum atomic E-state index is -3.31. The minimum Gasteiger partial charge on any atom is -0.497 e. The second kappa shape index (κ2) is 5.72. The van der Waals surface area contributed by atoms with Crippen LogP contribution >= 0.6 is 0 Å². The first-order valence-electron chi connectivity index (χ1n) is 4.92. The third-order valence-electron chi connectivity index (χ3n) is 1.96. The average Bonchev–Trinajstić information content (AvgIpc) is 2.26. The first-order valence-corrected chi connectivity index (χ1v) is 6.57. The average molecular weight is 244 g/mol. The Morgan fingerprint density at radius 2 is 2.19 bits per heavy atom. The molecule has 16 heavy (non-hydrogen) atoms. The molecule has 0 saturated carbocycles. The maximum atomic E-state index is 11.6. The molecule has 1 rings (SSSR count). The quantitative estimate of drug-likeness (QED) is 0.775. The summed E-state index contributed by atoms with van der Waals surface area (Å²) < 4.78 is 30.6. The van der Waals surface area contributed by atoms with Crippen molar-refractivity contribution in [1.29, 1.82) is 0 Å². The van der Waals surface area contributed by atoms with Crippen molar-refractivity contribution in [2.45, 2.75) is 6.42 Å². The van der Waals surface area contributed by atoms with Crippen molar-refractivity contribution in [2.75, 3.05) is 24.1 Å². The van der Waals surface area contributed by atoms with Crippen molar-refractivity contribution < 1.29 is 13.2 Å². The van der Waals surface area contributed by atoms with Crippen molar-refractivity contribution in [3.05, 3.63) is 24.3 Å². The van der Waals surface area contributed by atoms with E-state index in [9.17, 15) is 8.42 Å². The smallest absolute Gasteiger partial charge is 0.232 e. The van der Waals surface area contributed by atoms with E-state index in [1.54, 1.807) is 24.3 Å². The molecule has 0 aliphatic rings. The van der Waals surface area contributed by atoms with Crippen molar-refractivity contribution in [2.24, 2.45) is 5.73 Å². The fraction of sp³-hybridized carbons (Fsp3) is 0.400. The predicted molar refractivity (Wildman–Crippen MR) is 64.1 cm³/mol. The molecule has 0 saturated heterocycles. The zero-order chi connectivity index (χ0) is 12.0. The lowest BCUT2D eigenvalue weighted by Crippen LogP contribution is -2.18. The van der Waals surface area contributed by atoms with Gasteiger partial charge in [0, 0.05) is 6.07 Å². The van der Waals surface area contributed by atoms with Gasteiger partial charge in [0.25, 0.3) is 0 Å². The molecule has 0 bridgehead atoms. The molecule has 1 aromatic rings. The first kappa shape index (κ1) is 12.8. The Hall–Kier alpha value is -1.27. The third-order valence-corrected chi connectivity index (χ3v) is 3.33. The number of hydrogen-bond acceptors (Lipinski definition) is 4. The van der Waals surface area contributed by atoms with Crippen LogP contribution in [0.25, 0.3) is 0 Å². The molecule has 6 heteroatoms. The van der Waals surface area contributed by atoms with E-state index in [-0.39, 0.29) is 5.75 Å². The molecule has 0 heterocycles. The molecule has 90 valence electrons. The van der Waals surface area contributed by atoms with Gasteiger partial charge in [0.2, 0.25) is 10.0 Å². The zero-order valence-electron chi connectivity index (χ0n) is 9.14. The van der Waals surface area contributed by atoms with Crippen LogP contribution in [0.2, 0.25) is 0 Å². The Bertz CT molecular complexity index is 431. The molecule has 0 aliphatic carbocycles. The lowest BCUT2D eigenvalue weighted by molar-refractivity contribution is 0.415. The van der Waals surface area contributed by atoms with Crippen LogP contribution in [0.4, 0.5) is 5.69 Å². The summed E-state index contributed by atoms with van der Waals surface area (Å²) in [4.78, 5) is 0. The lowest BCUT2D eigenvalue weighted by Gasteiger charge is -2.08. The van der Waals surface area contributed by atoms with Crippen LogP contribution in [0.15, 0.2) is 24.3 Å². The SMILES string of the molecule is COc1cccc(NS(=O)(=O)CCCN)c1. The molecular formula is C10H16N2O3S. The van der Waals surface area contributed by atoms with Gasteiger partial charge < -0.3 is 10.5 Å². The van der Waals surface area contributed by atoms with Crippen LogP contribution in [-0.4, -0.2) is 27.8 Å². The van der Waals surface area contributed by atoms with E-state index in [2.05, 4.69) is 4.72 Å². The van der Waals surface area contributed by atoms with Gasteiger partial charge in [-0.25, -0.2) is 8.42 Å². The fourth-order valence-corrected chi connectivity index (χ4v) is 2.33. The van der Waals surface area contributed by atoms with Crippen LogP contribution in [-0.2, 0) is 10.0 Å². The summed E-state index contributed by atoms with van der Waals surface area (Å²) in [6.07, 6.45) is 0.444. The molecule has 5 nitrogen and oxygen atoms in total. The van der Waals surface area contributed by atoms with Crippen molar-refractivity contribution in [3.63, 3.8) is 0 Å². The number of nitrogens with one attached hydrogen (secondary N) is 1. The number of benzene rings is 1. The van der Waals surface area contributed by atoms with Crippen LogP contribution in [0.5, 0.6) is 5.75 Å². The first-order chi connectivity index (χ1) is 7.57. The Morgan fingerprint density at radius 1 is 1.44 bits per heavy atom. The summed E-state index contributed by atoms with van der Waals surface area (Å²) in [5.41, 5.74) is 5.76. The second-order valence-electron chi connectivity index (χ2n) is 3.30. The number of nitrogens with two attached hydrogens (primary N) is 1. The van der Waals surface area contributed by atoms with E-state index in [0.717, 1.165) is 0 Å². The highest BCUT2D eigenvalue weighted by Gasteiger charge is 2.09. The monoisotopic (exact) mass is 244 g/mol. The van der Waals surface area contributed by atoms with Gasteiger partial charge in [0.15, 0.2) is 0 Å². The van der Waals surface area contributed by atoms with Gasteiger partial charge in [-0.05, 0) is 25.1 Å². The predicted octanol–water partition coefficient (Wildman–Crippen LogP) is 0.786. The third kappa shape index (κ3) is 4.08. The molecule has 0 spiro atoms.